The van der Waals surface area contributed by atoms with Gasteiger partial charge in [0.15, 0.2) is 11.5 Å². The third kappa shape index (κ3) is 3.31. The molecule has 0 bridgehead atoms. The van der Waals surface area contributed by atoms with Gasteiger partial charge in [-0.1, -0.05) is 18.2 Å². The summed E-state index contributed by atoms with van der Waals surface area (Å²) >= 11 is 0. The van der Waals surface area contributed by atoms with Crippen LogP contribution in [0.5, 0.6) is 11.5 Å². The molecule has 1 saturated heterocycles. The van der Waals surface area contributed by atoms with Crippen LogP contribution in [0.2, 0.25) is 0 Å². The van der Waals surface area contributed by atoms with Crippen LogP contribution in [-0.4, -0.2) is 34.6 Å². The lowest BCUT2D eigenvalue weighted by molar-refractivity contribution is 0.244. The van der Waals surface area contributed by atoms with E-state index in [0.29, 0.717) is 6.04 Å². The number of benzene rings is 2. The molecule has 5 rings (SSSR count). The van der Waals surface area contributed by atoms with Gasteiger partial charge in [-0.3, -0.25) is 4.90 Å². The molecule has 144 valence electrons. The highest BCUT2D eigenvalue weighted by atomic mass is 16.5. The molecule has 5 nitrogen and oxygen atoms in total. The van der Waals surface area contributed by atoms with E-state index >= 15 is 0 Å². The molecule has 2 aliphatic heterocycles. The SMILES string of the molecule is Cc1nc2ccccc2nc1CN1CCC[C@@H]1c1ccc2c(c1)OCCCO2. The summed E-state index contributed by atoms with van der Waals surface area (Å²) in [5, 5.41) is 0. The standard InChI is InChI=1S/C23H25N3O2/c1-16-20(25-19-7-3-2-6-18(19)24-16)15-26-11-4-8-21(26)17-9-10-22-23(14-17)28-13-5-12-27-22/h2-3,6-7,9-10,14,21H,4-5,8,11-13,15H2,1H3/t21-/m1/s1. The maximum absolute atomic E-state index is 5.90. The van der Waals surface area contributed by atoms with Crippen molar-refractivity contribution in [2.24, 2.45) is 0 Å². The second-order valence-corrected chi connectivity index (χ2v) is 7.63. The van der Waals surface area contributed by atoms with Gasteiger partial charge in [0, 0.05) is 19.0 Å². The molecule has 2 aliphatic rings. The fourth-order valence-corrected chi connectivity index (χ4v) is 4.25. The molecule has 0 unspecified atom stereocenters. The third-order valence-corrected chi connectivity index (χ3v) is 5.72. The van der Waals surface area contributed by atoms with Gasteiger partial charge in [-0.15, -0.1) is 0 Å². The van der Waals surface area contributed by atoms with Gasteiger partial charge in [0.1, 0.15) is 0 Å². The number of hydrogen-bond acceptors (Lipinski definition) is 5. The van der Waals surface area contributed by atoms with Crippen molar-refractivity contribution in [3.8, 4) is 11.5 Å². The van der Waals surface area contributed by atoms with Crippen LogP contribution < -0.4 is 9.47 Å². The Hall–Kier alpha value is -2.66. The van der Waals surface area contributed by atoms with Gasteiger partial charge in [-0.25, -0.2) is 9.97 Å². The lowest BCUT2D eigenvalue weighted by atomic mass is 10.0. The predicted octanol–water partition coefficient (Wildman–Crippen LogP) is 4.44. The highest BCUT2D eigenvalue weighted by molar-refractivity contribution is 5.74. The monoisotopic (exact) mass is 375 g/mol. The second-order valence-electron chi connectivity index (χ2n) is 7.63. The van der Waals surface area contributed by atoms with Crippen LogP contribution in [0.25, 0.3) is 11.0 Å². The number of hydrogen-bond donors (Lipinski definition) is 0. The summed E-state index contributed by atoms with van der Waals surface area (Å²) < 4.78 is 11.7. The van der Waals surface area contributed by atoms with Crippen LogP contribution in [0.15, 0.2) is 42.5 Å². The van der Waals surface area contributed by atoms with Gasteiger partial charge in [0.05, 0.1) is 35.6 Å². The lowest BCUT2D eigenvalue weighted by Gasteiger charge is -2.25. The molecule has 5 heteroatoms. The Kier molecular flexibility index (Phi) is 4.61. The van der Waals surface area contributed by atoms with Gasteiger partial charge >= 0.3 is 0 Å². The Balaban J connectivity index is 1.42. The molecule has 1 aromatic heterocycles. The smallest absolute Gasteiger partial charge is 0.161 e. The van der Waals surface area contributed by atoms with Crippen molar-refractivity contribution in [2.45, 2.75) is 38.8 Å². The molecule has 1 atom stereocenters. The summed E-state index contributed by atoms with van der Waals surface area (Å²) in [6.07, 6.45) is 3.28. The topological polar surface area (TPSA) is 47.5 Å². The zero-order valence-electron chi connectivity index (χ0n) is 16.2. The summed E-state index contributed by atoms with van der Waals surface area (Å²) in [6.45, 7) is 5.40. The van der Waals surface area contributed by atoms with Crippen molar-refractivity contribution in [2.75, 3.05) is 19.8 Å². The van der Waals surface area contributed by atoms with Crippen molar-refractivity contribution in [1.82, 2.24) is 14.9 Å². The minimum atomic E-state index is 0.379. The molecular weight excluding hydrogens is 350 g/mol. The van der Waals surface area contributed by atoms with E-state index in [1.165, 1.54) is 12.0 Å². The molecule has 0 spiro atoms. The largest absolute Gasteiger partial charge is 0.490 e. The van der Waals surface area contributed by atoms with Gasteiger partial charge in [0.25, 0.3) is 0 Å². The zero-order chi connectivity index (χ0) is 18.9. The maximum atomic E-state index is 5.90. The molecule has 28 heavy (non-hydrogen) atoms. The van der Waals surface area contributed by atoms with Gasteiger partial charge < -0.3 is 9.47 Å². The summed E-state index contributed by atoms with van der Waals surface area (Å²) in [6, 6.07) is 14.9. The van der Waals surface area contributed by atoms with E-state index in [1.807, 2.05) is 24.3 Å². The number of rotatable bonds is 3. The molecule has 0 radical (unpaired) electrons. The van der Waals surface area contributed by atoms with Crippen LogP contribution in [0.4, 0.5) is 0 Å². The summed E-state index contributed by atoms with van der Waals surface area (Å²) in [4.78, 5) is 12.2. The van der Waals surface area contributed by atoms with Crippen LogP contribution in [0.3, 0.4) is 0 Å². The van der Waals surface area contributed by atoms with Crippen LogP contribution in [0, 0.1) is 6.92 Å². The van der Waals surface area contributed by atoms with Crippen LogP contribution >= 0.6 is 0 Å². The van der Waals surface area contributed by atoms with Crippen molar-refractivity contribution in [3.63, 3.8) is 0 Å². The zero-order valence-corrected chi connectivity index (χ0v) is 16.2. The lowest BCUT2D eigenvalue weighted by Crippen LogP contribution is -2.24. The van der Waals surface area contributed by atoms with Crippen LogP contribution in [-0.2, 0) is 6.54 Å². The molecule has 0 amide bonds. The molecule has 0 saturated carbocycles. The maximum Gasteiger partial charge on any atom is 0.161 e. The predicted molar refractivity (Wildman–Crippen MR) is 109 cm³/mol. The first-order valence-electron chi connectivity index (χ1n) is 10.1. The molecular formula is C23H25N3O2. The number of nitrogens with zero attached hydrogens (tertiary/aromatic N) is 3. The normalized spacial score (nSPS) is 19.7. The van der Waals surface area contributed by atoms with E-state index in [4.69, 9.17) is 19.4 Å². The van der Waals surface area contributed by atoms with Crippen molar-refractivity contribution < 1.29 is 9.47 Å². The number of ether oxygens (including phenoxy) is 2. The summed E-state index contributed by atoms with van der Waals surface area (Å²) in [5.74, 6) is 1.74. The first kappa shape index (κ1) is 17.4. The van der Waals surface area contributed by atoms with E-state index < -0.39 is 0 Å². The number of aromatic nitrogens is 2. The highest BCUT2D eigenvalue weighted by Gasteiger charge is 2.28. The average molecular weight is 375 g/mol. The van der Waals surface area contributed by atoms with E-state index in [-0.39, 0.29) is 0 Å². The minimum absolute atomic E-state index is 0.379. The van der Waals surface area contributed by atoms with E-state index in [1.54, 1.807) is 0 Å². The first-order chi connectivity index (χ1) is 13.8. The number of fused-ring (bicyclic) bond motifs is 2. The van der Waals surface area contributed by atoms with Gasteiger partial charge in [-0.05, 0) is 56.1 Å². The van der Waals surface area contributed by atoms with Gasteiger partial charge in [-0.2, -0.15) is 0 Å². The molecule has 3 heterocycles. The molecule has 3 aromatic rings. The van der Waals surface area contributed by atoms with E-state index in [2.05, 4.69) is 30.0 Å². The molecule has 1 fully saturated rings. The van der Waals surface area contributed by atoms with Gasteiger partial charge in [0.2, 0.25) is 0 Å². The molecule has 0 N–H and O–H groups in total. The minimum Gasteiger partial charge on any atom is -0.490 e. The highest BCUT2D eigenvalue weighted by Crippen LogP contribution is 2.38. The quantitative estimate of drug-likeness (QED) is 0.677. The van der Waals surface area contributed by atoms with E-state index in [0.717, 1.165) is 73.1 Å². The number of likely N-dealkylation sites (tertiary alicyclic amines) is 1. The fourth-order valence-electron chi connectivity index (χ4n) is 4.25. The fraction of sp³-hybridized carbons (Fsp3) is 0.391. The van der Waals surface area contributed by atoms with Crippen LogP contribution in [0.1, 0.15) is 42.3 Å². The van der Waals surface area contributed by atoms with Crippen molar-refractivity contribution in [3.05, 3.63) is 59.4 Å². The Morgan fingerprint density at radius 3 is 2.61 bits per heavy atom. The Bertz CT molecular complexity index is 1000. The average Bonchev–Trinajstić information content (AvgIpc) is 3.04. The molecule has 0 aliphatic carbocycles. The number of para-hydroxylation sites is 2. The first-order valence-corrected chi connectivity index (χ1v) is 10.1. The Morgan fingerprint density at radius 2 is 1.75 bits per heavy atom. The van der Waals surface area contributed by atoms with E-state index in [9.17, 15) is 0 Å². The Morgan fingerprint density at radius 1 is 0.964 bits per heavy atom. The summed E-state index contributed by atoms with van der Waals surface area (Å²) in [5.41, 5.74) is 5.31. The number of aryl methyl sites for hydroxylation is 1. The Labute approximate surface area is 165 Å². The second kappa shape index (κ2) is 7.40. The summed E-state index contributed by atoms with van der Waals surface area (Å²) in [7, 11) is 0. The van der Waals surface area contributed by atoms with Crippen molar-refractivity contribution >= 4 is 11.0 Å². The third-order valence-electron chi connectivity index (χ3n) is 5.72. The van der Waals surface area contributed by atoms with Crippen molar-refractivity contribution in [1.29, 1.82) is 0 Å². The molecule has 2 aromatic carbocycles.